The van der Waals surface area contributed by atoms with Gasteiger partial charge in [-0.05, 0) is 74.4 Å². The molecule has 2 aromatic carbocycles. The van der Waals surface area contributed by atoms with Gasteiger partial charge in [0.1, 0.15) is 29.3 Å². The van der Waals surface area contributed by atoms with Gasteiger partial charge in [-0.15, -0.1) is 0 Å². The van der Waals surface area contributed by atoms with Gasteiger partial charge in [-0.25, -0.2) is 0 Å². The zero-order valence-corrected chi connectivity index (χ0v) is 30.3. The summed E-state index contributed by atoms with van der Waals surface area (Å²) < 4.78 is 16.5. The largest absolute Gasteiger partial charge is 0.497 e. The van der Waals surface area contributed by atoms with E-state index in [1.165, 1.54) is 14.0 Å². The molecule has 280 valence electrons. The molecule has 3 atom stereocenters. The van der Waals surface area contributed by atoms with Gasteiger partial charge < -0.3 is 45.5 Å². The van der Waals surface area contributed by atoms with Gasteiger partial charge in [-0.3, -0.25) is 24.0 Å². The van der Waals surface area contributed by atoms with Crippen LogP contribution in [0.1, 0.15) is 57.6 Å². The smallest absolute Gasteiger partial charge is 0.257 e. The van der Waals surface area contributed by atoms with Gasteiger partial charge in [0.25, 0.3) is 5.91 Å². The fraction of sp³-hybridized carbons (Fsp3) is 0.541. The second-order valence-corrected chi connectivity index (χ2v) is 13.0. The molecule has 0 radical (unpaired) electrons. The number of nitrogens with one attached hydrogen (secondary N) is 4. The quantitative estimate of drug-likeness (QED) is 0.284. The predicted molar refractivity (Wildman–Crippen MR) is 190 cm³/mol. The van der Waals surface area contributed by atoms with Crippen molar-refractivity contribution in [1.82, 2.24) is 26.2 Å². The van der Waals surface area contributed by atoms with E-state index in [9.17, 15) is 29.1 Å². The van der Waals surface area contributed by atoms with Crippen molar-refractivity contribution >= 4 is 29.5 Å². The number of hydrogen-bond donors (Lipinski definition) is 5. The number of hydrogen-bond acceptors (Lipinski definition) is 9. The highest BCUT2D eigenvalue weighted by Crippen LogP contribution is 2.25. The van der Waals surface area contributed by atoms with Crippen molar-refractivity contribution in [3.05, 3.63) is 53.6 Å². The fourth-order valence-electron chi connectivity index (χ4n) is 5.64. The number of carbonyl (C=O) groups is 5. The third kappa shape index (κ3) is 13.8. The first-order valence-electron chi connectivity index (χ1n) is 17.4. The molecule has 1 heterocycles. The van der Waals surface area contributed by atoms with Crippen molar-refractivity contribution in [2.45, 2.75) is 77.5 Å². The average molecular weight is 712 g/mol. The first-order chi connectivity index (χ1) is 24.4. The molecule has 1 aliphatic rings. The van der Waals surface area contributed by atoms with Crippen LogP contribution in [0.3, 0.4) is 0 Å². The Hall–Kier alpha value is -4.85. The van der Waals surface area contributed by atoms with Gasteiger partial charge >= 0.3 is 0 Å². The molecule has 14 nitrogen and oxygen atoms in total. The number of methoxy groups -OCH3 is 2. The lowest BCUT2D eigenvalue weighted by atomic mass is 10.0. The molecule has 3 rings (SSSR count). The van der Waals surface area contributed by atoms with Gasteiger partial charge in [0, 0.05) is 31.7 Å². The van der Waals surface area contributed by atoms with Crippen molar-refractivity contribution in [2.75, 3.05) is 47.0 Å². The molecule has 0 spiro atoms. The van der Waals surface area contributed by atoms with E-state index in [2.05, 4.69) is 21.3 Å². The number of aliphatic hydroxyl groups is 1. The minimum absolute atomic E-state index is 0.0404. The van der Waals surface area contributed by atoms with Crippen molar-refractivity contribution in [1.29, 1.82) is 0 Å². The van der Waals surface area contributed by atoms with Gasteiger partial charge in [0.05, 0.1) is 33.2 Å². The molecular formula is C37H53N5O9. The van der Waals surface area contributed by atoms with Crippen LogP contribution in [-0.2, 0) is 36.8 Å². The lowest BCUT2D eigenvalue weighted by molar-refractivity contribution is -0.134. The number of benzene rings is 2. The Kier molecular flexibility index (Phi) is 16.5. The number of ether oxygens (including phenoxy) is 3. The maximum absolute atomic E-state index is 13.6. The lowest BCUT2D eigenvalue weighted by Crippen LogP contribution is -2.57. The van der Waals surface area contributed by atoms with Crippen LogP contribution in [0.2, 0.25) is 0 Å². The Labute approximate surface area is 300 Å². The topological polar surface area (TPSA) is 185 Å². The van der Waals surface area contributed by atoms with Crippen LogP contribution in [0, 0.1) is 5.92 Å². The number of aliphatic hydroxyl groups excluding tert-OH is 1. The molecule has 0 saturated carbocycles. The van der Waals surface area contributed by atoms with Crippen LogP contribution in [-0.4, -0.2) is 105 Å². The summed E-state index contributed by atoms with van der Waals surface area (Å²) in [6, 6.07) is 9.85. The highest BCUT2D eigenvalue weighted by molar-refractivity contribution is 5.92. The average Bonchev–Trinajstić information content (AvgIpc) is 3.09. The van der Waals surface area contributed by atoms with Gasteiger partial charge in [-0.2, -0.15) is 0 Å². The molecule has 51 heavy (non-hydrogen) atoms. The Morgan fingerprint density at radius 3 is 2.35 bits per heavy atom. The number of amides is 5. The van der Waals surface area contributed by atoms with E-state index in [1.54, 1.807) is 54.5 Å². The molecule has 0 aromatic heterocycles. The zero-order chi connectivity index (χ0) is 37.3. The van der Waals surface area contributed by atoms with Crippen molar-refractivity contribution in [3.8, 4) is 17.2 Å². The third-order valence-corrected chi connectivity index (χ3v) is 8.32. The molecule has 2 aromatic rings. The molecular weight excluding hydrogens is 658 g/mol. The standard InChI is InChI=1S/C37H53N5O9/c1-24(2)18-30-36(47)41-35(25(3)43)37(48)39-14-6-7-16-42(34(46)22-27-21-28(49-4)12-13-31(27)50-5)17-9-15-38-33(45)23-51-29-11-8-10-26(19-29)20-32(44)40-30/h8,10-13,19,21,24-25,30,35,43H,6-7,9,14-18,20,22-23H2,1-5H3,(H,38,45)(H,39,48)(H,40,44)(H,41,47)/t25-,30-,35+/m1/s1. The lowest BCUT2D eigenvalue weighted by Gasteiger charge is -2.26. The second-order valence-electron chi connectivity index (χ2n) is 13.0. The molecule has 0 unspecified atom stereocenters. The Bertz CT molecular complexity index is 1480. The minimum atomic E-state index is -1.24. The molecule has 0 aliphatic carbocycles. The first kappa shape index (κ1) is 40.6. The maximum Gasteiger partial charge on any atom is 0.257 e. The van der Waals surface area contributed by atoms with Crippen molar-refractivity contribution < 1.29 is 43.3 Å². The maximum atomic E-state index is 13.6. The van der Waals surface area contributed by atoms with Crippen molar-refractivity contribution in [3.63, 3.8) is 0 Å². The van der Waals surface area contributed by atoms with E-state index >= 15 is 0 Å². The molecule has 0 fully saturated rings. The summed E-state index contributed by atoms with van der Waals surface area (Å²) >= 11 is 0. The van der Waals surface area contributed by atoms with E-state index < -0.39 is 35.9 Å². The number of nitrogens with zero attached hydrogens (tertiary/aromatic N) is 1. The van der Waals surface area contributed by atoms with E-state index in [1.807, 2.05) is 13.8 Å². The van der Waals surface area contributed by atoms with Crippen LogP contribution in [0.25, 0.3) is 0 Å². The number of carbonyl (C=O) groups excluding carboxylic acids is 5. The molecule has 5 amide bonds. The summed E-state index contributed by atoms with van der Waals surface area (Å²) in [5, 5.41) is 21.4. The SMILES string of the molecule is COc1ccc(OC)c(CC(=O)N2CCCCNC(=O)[C@H]([C@@H](C)O)NC(=O)[C@@H](CC(C)C)NC(=O)Cc3cccc(c3)OCC(=O)NCCC2)c1. The molecule has 2 bridgehead atoms. The molecule has 0 saturated heterocycles. The summed E-state index contributed by atoms with van der Waals surface area (Å²) in [4.78, 5) is 67.3. The predicted octanol–water partition coefficient (Wildman–Crippen LogP) is 1.51. The summed E-state index contributed by atoms with van der Waals surface area (Å²) in [6.07, 6.45) is 0.683. The molecule has 5 N–H and O–H groups in total. The van der Waals surface area contributed by atoms with Crippen LogP contribution in [0.5, 0.6) is 17.2 Å². The minimum Gasteiger partial charge on any atom is -0.497 e. The van der Waals surface area contributed by atoms with Gasteiger partial charge in [0.2, 0.25) is 23.6 Å². The number of fused-ring (bicyclic) bond motifs is 2. The van der Waals surface area contributed by atoms with Gasteiger partial charge in [0.15, 0.2) is 6.61 Å². The van der Waals surface area contributed by atoms with Crippen molar-refractivity contribution in [2.24, 2.45) is 5.92 Å². The second kappa shape index (κ2) is 20.7. The van der Waals surface area contributed by atoms with Crippen LogP contribution >= 0.6 is 0 Å². The molecule has 14 heteroatoms. The highest BCUT2D eigenvalue weighted by Gasteiger charge is 2.30. The Morgan fingerprint density at radius 2 is 1.65 bits per heavy atom. The highest BCUT2D eigenvalue weighted by atomic mass is 16.5. The molecule has 1 aliphatic heterocycles. The third-order valence-electron chi connectivity index (χ3n) is 8.32. The Balaban J connectivity index is 1.78. The fourth-order valence-corrected chi connectivity index (χ4v) is 5.64. The van der Waals surface area contributed by atoms with E-state index in [-0.39, 0.29) is 43.7 Å². The summed E-state index contributed by atoms with van der Waals surface area (Å²) in [5.41, 5.74) is 1.29. The van der Waals surface area contributed by atoms with Crippen LogP contribution < -0.4 is 35.5 Å². The van der Waals surface area contributed by atoms with E-state index in [0.717, 1.165) is 0 Å². The number of rotatable bonds is 7. The summed E-state index contributed by atoms with van der Waals surface area (Å²) in [5.74, 6) is -0.425. The van der Waals surface area contributed by atoms with E-state index in [4.69, 9.17) is 14.2 Å². The normalized spacial score (nSPS) is 19.7. The van der Waals surface area contributed by atoms with Crippen LogP contribution in [0.15, 0.2) is 42.5 Å². The Morgan fingerprint density at radius 1 is 0.902 bits per heavy atom. The van der Waals surface area contributed by atoms with Gasteiger partial charge in [-0.1, -0.05) is 26.0 Å². The zero-order valence-electron chi connectivity index (χ0n) is 30.3. The monoisotopic (exact) mass is 711 g/mol. The van der Waals surface area contributed by atoms with Crippen LogP contribution in [0.4, 0.5) is 0 Å². The first-order valence-corrected chi connectivity index (χ1v) is 17.4. The summed E-state index contributed by atoms with van der Waals surface area (Å²) in [7, 11) is 3.09. The summed E-state index contributed by atoms with van der Waals surface area (Å²) in [6.45, 7) is 6.31. The van der Waals surface area contributed by atoms with E-state index in [0.29, 0.717) is 73.7 Å².